The van der Waals surface area contributed by atoms with Crippen LogP contribution in [0.25, 0.3) is 16.8 Å². The summed E-state index contributed by atoms with van der Waals surface area (Å²) in [5.41, 5.74) is 2.89. The maximum absolute atomic E-state index is 11.3. The van der Waals surface area contributed by atoms with Crippen LogP contribution in [0.2, 0.25) is 0 Å². The van der Waals surface area contributed by atoms with Gasteiger partial charge in [-0.15, -0.1) is 15.3 Å². The van der Waals surface area contributed by atoms with E-state index in [1.165, 1.54) is 10.8 Å². The van der Waals surface area contributed by atoms with Gasteiger partial charge in [0.25, 0.3) is 0 Å². The van der Waals surface area contributed by atoms with Gasteiger partial charge in [-0.25, -0.2) is 0 Å². The van der Waals surface area contributed by atoms with Crippen LogP contribution in [-0.2, 0) is 0 Å². The van der Waals surface area contributed by atoms with Crippen molar-refractivity contribution in [2.75, 3.05) is 0 Å². The minimum atomic E-state index is 0.415. The van der Waals surface area contributed by atoms with Crippen LogP contribution >= 0.6 is 0 Å². The number of nitrogens with zero attached hydrogens (tertiary/aromatic N) is 4. The Hall–Kier alpha value is -3.54. The zero-order valence-corrected chi connectivity index (χ0v) is 12.5. The summed E-state index contributed by atoms with van der Waals surface area (Å²) in [5, 5.41) is 12.0. The third-order valence-corrected chi connectivity index (χ3v) is 3.62. The first-order valence-corrected chi connectivity index (χ1v) is 7.34. The summed E-state index contributed by atoms with van der Waals surface area (Å²) < 4.78 is 7.48. The Morgan fingerprint density at radius 3 is 2.58 bits per heavy atom. The molecule has 0 bridgehead atoms. The lowest BCUT2D eigenvalue weighted by atomic mass is 10.00. The first-order valence-electron chi connectivity index (χ1n) is 7.34. The molecule has 0 saturated carbocycles. The summed E-state index contributed by atoms with van der Waals surface area (Å²) in [4.78, 5) is 11.3. The van der Waals surface area contributed by atoms with Gasteiger partial charge < -0.3 is 4.74 Å². The lowest BCUT2D eigenvalue weighted by molar-refractivity contribution is 0.112. The van der Waals surface area contributed by atoms with Gasteiger partial charge in [-0.05, 0) is 17.7 Å². The molecule has 116 valence electrons. The van der Waals surface area contributed by atoms with Crippen molar-refractivity contribution in [2.45, 2.75) is 0 Å². The average molecular weight is 316 g/mol. The molecule has 2 heterocycles. The van der Waals surface area contributed by atoms with Crippen LogP contribution in [0.15, 0.2) is 67.0 Å². The van der Waals surface area contributed by atoms with Crippen molar-refractivity contribution in [2.24, 2.45) is 0 Å². The van der Waals surface area contributed by atoms with E-state index in [9.17, 15) is 4.79 Å². The van der Waals surface area contributed by atoms with Gasteiger partial charge in [-0.3, -0.25) is 4.79 Å². The topological polar surface area (TPSA) is 69.4 Å². The predicted octanol–water partition coefficient (Wildman–Crippen LogP) is 3.40. The summed E-state index contributed by atoms with van der Waals surface area (Å²) in [5.74, 6) is 1.03. The maximum Gasteiger partial charge on any atom is 0.237 e. The zero-order chi connectivity index (χ0) is 16.4. The second kappa shape index (κ2) is 5.92. The molecule has 0 aliphatic rings. The van der Waals surface area contributed by atoms with E-state index >= 15 is 0 Å². The second-order valence-electron chi connectivity index (χ2n) is 5.11. The van der Waals surface area contributed by atoms with Crippen LogP contribution in [0.4, 0.5) is 0 Å². The van der Waals surface area contributed by atoms with Gasteiger partial charge in [0.05, 0.1) is 0 Å². The molecule has 0 radical (unpaired) electrons. The van der Waals surface area contributed by atoms with E-state index in [-0.39, 0.29) is 0 Å². The first kappa shape index (κ1) is 14.1. The zero-order valence-electron chi connectivity index (χ0n) is 12.5. The summed E-state index contributed by atoms with van der Waals surface area (Å²) >= 11 is 0. The van der Waals surface area contributed by atoms with Gasteiger partial charge >= 0.3 is 0 Å². The maximum atomic E-state index is 11.3. The van der Waals surface area contributed by atoms with E-state index < -0.39 is 0 Å². The van der Waals surface area contributed by atoms with Crippen molar-refractivity contribution in [3.05, 3.63) is 72.6 Å². The number of hydrogen-bond donors (Lipinski definition) is 0. The fourth-order valence-electron chi connectivity index (χ4n) is 2.50. The molecular weight excluding hydrogens is 304 g/mol. The van der Waals surface area contributed by atoms with Gasteiger partial charge in [-0.1, -0.05) is 42.5 Å². The van der Waals surface area contributed by atoms with E-state index in [1.807, 2.05) is 42.5 Å². The Morgan fingerprint density at radius 2 is 1.71 bits per heavy atom. The Kier molecular flexibility index (Phi) is 3.47. The number of hydrogen-bond acceptors (Lipinski definition) is 5. The molecule has 0 spiro atoms. The molecule has 6 nitrogen and oxygen atoms in total. The summed E-state index contributed by atoms with van der Waals surface area (Å²) in [6.07, 6.45) is 2.35. The molecule has 6 heteroatoms. The van der Waals surface area contributed by atoms with Crippen LogP contribution < -0.4 is 4.74 Å². The molecule has 0 saturated heterocycles. The number of carbonyl (C=O) groups is 1. The lowest BCUT2D eigenvalue weighted by Gasteiger charge is -2.12. The number of rotatable bonds is 4. The minimum absolute atomic E-state index is 0.415. The minimum Gasteiger partial charge on any atom is -0.437 e. The van der Waals surface area contributed by atoms with Crippen molar-refractivity contribution in [1.29, 1.82) is 0 Å². The molecule has 0 unspecified atom stereocenters. The molecule has 0 atom stereocenters. The number of ether oxygens (including phenoxy) is 1. The Balaban J connectivity index is 1.77. The molecule has 0 amide bonds. The fourth-order valence-corrected chi connectivity index (χ4v) is 2.50. The van der Waals surface area contributed by atoms with Crippen molar-refractivity contribution in [3.63, 3.8) is 0 Å². The summed E-state index contributed by atoms with van der Waals surface area (Å²) in [6.45, 7) is 0. The monoisotopic (exact) mass is 316 g/mol. The predicted molar refractivity (Wildman–Crippen MR) is 88.1 cm³/mol. The number of carbonyl (C=O) groups excluding carboxylic acids is 1. The van der Waals surface area contributed by atoms with Gasteiger partial charge in [-0.2, -0.15) is 4.52 Å². The highest BCUT2D eigenvalue weighted by atomic mass is 16.5. The standard InChI is InChI=1S/C18H12N4O2/c23-11-13-5-1-2-6-14(13)15-7-3-4-8-16(15)24-18-10-9-17-20-19-12-22(17)21-18/h1-12H. The van der Waals surface area contributed by atoms with E-state index in [0.717, 1.165) is 17.4 Å². The third kappa shape index (κ3) is 2.50. The summed E-state index contributed by atoms with van der Waals surface area (Å²) in [7, 11) is 0. The normalized spacial score (nSPS) is 10.7. The highest BCUT2D eigenvalue weighted by Crippen LogP contribution is 2.34. The largest absolute Gasteiger partial charge is 0.437 e. The number of para-hydroxylation sites is 1. The van der Waals surface area contributed by atoms with Crippen molar-refractivity contribution >= 4 is 11.9 Å². The van der Waals surface area contributed by atoms with E-state index in [1.54, 1.807) is 18.2 Å². The Morgan fingerprint density at radius 1 is 0.917 bits per heavy atom. The smallest absolute Gasteiger partial charge is 0.237 e. The highest BCUT2D eigenvalue weighted by molar-refractivity contribution is 5.89. The number of benzene rings is 2. The van der Waals surface area contributed by atoms with Crippen molar-refractivity contribution < 1.29 is 9.53 Å². The van der Waals surface area contributed by atoms with Crippen molar-refractivity contribution in [1.82, 2.24) is 19.8 Å². The van der Waals surface area contributed by atoms with Gasteiger partial charge in [0.1, 0.15) is 12.1 Å². The van der Waals surface area contributed by atoms with Gasteiger partial charge in [0, 0.05) is 17.2 Å². The van der Waals surface area contributed by atoms with E-state index in [2.05, 4.69) is 15.3 Å². The third-order valence-electron chi connectivity index (χ3n) is 3.62. The molecule has 4 rings (SSSR count). The average Bonchev–Trinajstić information content (AvgIpc) is 3.10. The molecule has 0 N–H and O–H groups in total. The fraction of sp³-hybridized carbons (Fsp3) is 0. The van der Waals surface area contributed by atoms with Crippen LogP contribution in [0.1, 0.15) is 10.4 Å². The Bertz CT molecular complexity index is 1030. The SMILES string of the molecule is O=Cc1ccccc1-c1ccccc1Oc1ccc2nncn2n1. The van der Waals surface area contributed by atoms with Crippen molar-refractivity contribution in [3.8, 4) is 22.8 Å². The van der Waals surface area contributed by atoms with Gasteiger partial charge in [0.2, 0.25) is 5.88 Å². The quantitative estimate of drug-likeness (QED) is 0.540. The van der Waals surface area contributed by atoms with E-state index in [0.29, 0.717) is 22.8 Å². The lowest BCUT2D eigenvalue weighted by Crippen LogP contribution is -1.96. The highest BCUT2D eigenvalue weighted by Gasteiger charge is 2.11. The second-order valence-corrected chi connectivity index (χ2v) is 5.11. The molecule has 0 fully saturated rings. The molecule has 4 aromatic rings. The summed E-state index contributed by atoms with van der Waals surface area (Å²) in [6, 6.07) is 18.4. The molecule has 24 heavy (non-hydrogen) atoms. The molecule has 0 aliphatic heterocycles. The van der Waals surface area contributed by atoms with E-state index in [4.69, 9.17) is 4.74 Å². The number of fused-ring (bicyclic) bond motifs is 1. The number of aromatic nitrogens is 4. The number of aldehydes is 1. The van der Waals surface area contributed by atoms with Gasteiger partial charge in [0.15, 0.2) is 11.9 Å². The van der Waals surface area contributed by atoms with Crippen LogP contribution in [0, 0.1) is 0 Å². The first-order chi connectivity index (χ1) is 11.8. The van der Waals surface area contributed by atoms with Crippen LogP contribution in [0.5, 0.6) is 11.6 Å². The molecule has 0 aliphatic carbocycles. The molecule has 2 aromatic heterocycles. The Labute approximate surface area is 137 Å². The van der Waals surface area contributed by atoms with Crippen LogP contribution in [0.3, 0.4) is 0 Å². The molecule has 2 aromatic carbocycles. The molecular formula is C18H12N4O2. The van der Waals surface area contributed by atoms with Crippen LogP contribution in [-0.4, -0.2) is 26.1 Å².